The number of fused-ring (bicyclic) bond motifs is 1. The summed E-state index contributed by atoms with van der Waals surface area (Å²) in [6.45, 7) is 6.68. The zero-order valence-electron chi connectivity index (χ0n) is 21.8. The predicted octanol–water partition coefficient (Wildman–Crippen LogP) is 6.31. The molecule has 2 heterocycles. The number of nitrogens with zero attached hydrogens (tertiary/aromatic N) is 2. The Kier molecular flexibility index (Phi) is 7.32. The maximum absolute atomic E-state index is 14.5. The van der Waals surface area contributed by atoms with Crippen LogP contribution in [-0.4, -0.2) is 49.3 Å². The highest BCUT2D eigenvalue weighted by Crippen LogP contribution is 2.43. The molecule has 5 rings (SSSR count). The van der Waals surface area contributed by atoms with Gasteiger partial charge in [-0.1, -0.05) is 42.5 Å². The maximum Gasteiger partial charge on any atom is 0.249 e. The molecule has 0 spiro atoms. The van der Waals surface area contributed by atoms with E-state index in [1.54, 1.807) is 0 Å². The Morgan fingerprint density at radius 3 is 2.03 bits per heavy atom. The Labute approximate surface area is 225 Å². The van der Waals surface area contributed by atoms with Crippen molar-refractivity contribution in [3.8, 4) is 11.1 Å². The fourth-order valence-corrected chi connectivity index (χ4v) is 7.62. The van der Waals surface area contributed by atoms with Crippen LogP contribution >= 0.6 is 0 Å². The summed E-state index contributed by atoms with van der Waals surface area (Å²) in [6, 6.07) is 14.0. The molecule has 39 heavy (non-hydrogen) atoms. The molecule has 0 saturated carbocycles. The van der Waals surface area contributed by atoms with Crippen LogP contribution in [-0.2, 0) is 10.0 Å². The minimum atomic E-state index is -5.01. The molecule has 0 radical (unpaired) electrons. The van der Waals surface area contributed by atoms with E-state index in [4.69, 9.17) is 0 Å². The Morgan fingerprint density at radius 2 is 1.38 bits per heavy atom. The van der Waals surface area contributed by atoms with Crippen LogP contribution in [0.5, 0.6) is 0 Å². The Hall–Kier alpha value is -2.82. The molecule has 2 fully saturated rings. The first-order valence-electron chi connectivity index (χ1n) is 12.9. The van der Waals surface area contributed by atoms with Gasteiger partial charge < -0.3 is 0 Å². The number of hydrogen-bond acceptors (Lipinski definition) is 3. The van der Waals surface area contributed by atoms with Crippen molar-refractivity contribution in [3.05, 3.63) is 88.2 Å². The van der Waals surface area contributed by atoms with Gasteiger partial charge in [-0.15, -0.1) is 0 Å². The molecular weight excluding hydrogens is 535 g/mol. The molecule has 0 aliphatic carbocycles. The maximum atomic E-state index is 14.5. The van der Waals surface area contributed by atoms with Crippen LogP contribution in [0.3, 0.4) is 0 Å². The summed E-state index contributed by atoms with van der Waals surface area (Å²) in [5, 5.41) is 0. The molecule has 0 amide bonds. The second-order valence-corrected chi connectivity index (χ2v) is 12.3. The molecule has 2 aliphatic rings. The van der Waals surface area contributed by atoms with Gasteiger partial charge in [0.25, 0.3) is 0 Å². The molecule has 3 aromatic carbocycles. The van der Waals surface area contributed by atoms with Gasteiger partial charge in [0, 0.05) is 31.1 Å². The fourth-order valence-electron chi connectivity index (χ4n) is 6.01. The van der Waals surface area contributed by atoms with Gasteiger partial charge in [0.1, 0.15) is 0 Å². The summed E-state index contributed by atoms with van der Waals surface area (Å²) in [5.74, 6) is -11.7. The standard InChI is InChI=1S/C29H29F5N2O2S/c1-16-7-6-8-21(17(16)2)19-9-11-20(12-10-19)23-18(3)36-14-5-4-13-35(15-22(23)36)39(37,38)29-27(33)25(31)24(30)26(32)28(29)34/h6-12,18,22-23H,4-5,13-15H2,1-3H3/t18?,22-,23?/m1/s1. The van der Waals surface area contributed by atoms with Crippen molar-refractivity contribution in [1.82, 2.24) is 9.21 Å². The van der Waals surface area contributed by atoms with Gasteiger partial charge >= 0.3 is 0 Å². The van der Waals surface area contributed by atoms with E-state index in [-0.39, 0.29) is 31.1 Å². The van der Waals surface area contributed by atoms with E-state index in [0.717, 1.165) is 27.5 Å². The summed E-state index contributed by atoms with van der Waals surface area (Å²) in [7, 11) is -5.01. The number of rotatable bonds is 4. The lowest BCUT2D eigenvalue weighted by atomic mass is 9.75. The van der Waals surface area contributed by atoms with E-state index in [0.29, 0.717) is 12.8 Å². The first kappa shape index (κ1) is 27.7. The van der Waals surface area contributed by atoms with E-state index in [9.17, 15) is 30.4 Å². The molecule has 0 aromatic heterocycles. The zero-order valence-corrected chi connectivity index (χ0v) is 22.6. The molecule has 3 aromatic rings. The summed E-state index contributed by atoms with van der Waals surface area (Å²) in [5.41, 5.74) is 5.53. The summed E-state index contributed by atoms with van der Waals surface area (Å²) >= 11 is 0. The van der Waals surface area contributed by atoms with E-state index in [1.165, 1.54) is 11.1 Å². The van der Waals surface area contributed by atoms with Crippen LogP contribution in [0, 0.1) is 42.9 Å². The zero-order chi connectivity index (χ0) is 28.2. The van der Waals surface area contributed by atoms with Crippen LogP contribution < -0.4 is 0 Å². The van der Waals surface area contributed by atoms with E-state index in [1.807, 2.05) is 37.3 Å². The van der Waals surface area contributed by atoms with Crippen LogP contribution in [0.2, 0.25) is 0 Å². The molecule has 10 heteroatoms. The number of hydrogen-bond donors (Lipinski definition) is 0. The Morgan fingerprint density at radius 1 is 0.795 bits per heavy atom. The lowest BCUT2D eigenvalue weighted by molar-refractivity contribution is -0.0213. The van der Waals surface area contributed by atoms with E-state index < -0.39 is 44.0 Å². The van der Waals surface area contributed by atoms with Crippen molar-refractivity contribution in [2.24, 2.45) is 0 Å². The smallest absolute Gasteiger partial charge is 0.249 e. The van der Waals surface area contributed by atoms with Crippen molar-refractivity contribution >= 4 is 10.0 Å². The predicted molar refractivity (Wildman–Crippen MR) is 138 cm³/mol. The van der Waals surface area contributed by atoms with Gasteiger partial charge in [-0.3, -0.25) is 4.90 Å². The number of aryl methyl sites for hydroxylation is 1. The fraction of sp³-hybridized carbons (Fsp3) is 0.379. The monoisotopic (exact) mass is 564 g/mol. The normalized spacial score (nSPS) is 22.6. The number of sulfonamides is 1. The minimum absolute atomic E-state index is 0.0789. The van der Waals surface area contributed by atoms with Crippen molar-refractivity contribution in [2.45, 2.75) is 56.5 Å². The van der Waals surface area contributed by atoms with Crippen molar-refractivity contribution in [3.63, 3.8) is 0 Å². The number of halogens is 5. The Balaban J connectivity index is 1.47. The molecular formula is C29H29F5N2O2S. The molecule has 2 unspecified atom stereocenters. The van der Waals surface area contributed by atoms with E-state index in [2.05, 4.69) is 30.9 Å². The van der Waals surface area contributed by atoms with Crippen molar-refractivity contribution in [2.75, 3.05) is 19.6 Å². The molecule has 0 N–H and O–H groups in total. The van der Waals surface area contributed by atoms with Crippen LogP contribution in [0.1, 0.15) is 42.4 Å². The van der Waals surface area contributed by atoms with Crippen LogP contribution in [0.15, 0.2) is 47.4 Å². The van der Waals surface area contributed by atoms with Gasteiger partial charge in [-0.2, -0.15) is 4.31 Å². The minimum Gasteiger partial charge on any atom is -0.295 e. The molecule has 4 nitrogen and oxygen atoms in total. The van der Waals surface area contributed by atoms with Crippen molar-refractivity contribution in [1.29, 1.82) is 0 Å². The first-order chi connectivity index (χ1) is 18.4. The quantitative estimate of drug-likeness (QED) is 0.212. The average Bonchev–Trinajstić information content (AvgIpc) is 2.89. The van der Waals surface area contributed by atoms with Crippen molar-refractivity contribution < 1.29 is 30.4 Å². The Bertz CT molecular complexity index is 1500. The van der Waals surface area contributed by atoms with Crippen LogP contribution in [0.4, 0.5) is 22.0 Å². The van der Waals surface area contributed by atoms with Gasteiger partial charge in [0.15, 0.2) is 28.2 Å². The molecule has 2 aliphatic heterocycles. The molecule has 3 atom stereocenters. The summed E-state index contributed by atoms with van der Waals surface area (Å²) in [6.07, 6.45) is 1.02. The lowest BCUT2D eigenvalue weighted by Crippen LogP contribution is -2.65. The van der Waals surface area contributed by atoms with Crippen LogP contribution in [0.25, 0.3) is 11.1 Å². The lowest BCUT2D eigenvalue weighted by Gasteiger charge is -2.56. The van der Waals surface area contributed by atoms with Gasteiger partial charge in [0.2, 0.25) is 15.8 Å². The highest BCUT2D eigenvalue weighted by atomic mass is 32.2. The third kappa shape index (κ3) is 4.56. The third-order valence-corrected chi connectivity index (χ3v) is 10.2. The largest absolute Gasteiger partial charge is 0.295 e. The number of benzene rings is 3. The second kappa shape index (κ2) is 10.3. The highest BCUT2D eigenvalue weighted by molar-refractivity contribution is 7.89. The first-order valence-corrected chi connectivity index (χ1v) is 14.3. The highest BCUT2D eigenvalue weighted by Gasteiger charge is 2.49. The average molecular weight is 565 g/mol. The summed E-state index contributed by atoms with van der Waals surface area (Å²) in [4.78, 5) is 0.344. The second-order valence-electron chi connectivity index (χ2n) is 10.4. The van der Waals surface area contributed by atoms with Gasteiger partial charge in [-0.05, 0) is 68.0 Å². The summed E-state index contributed by atoms with van der Waals surface area (Å²) < 4.78 is 97.9. The molecule has 0 bridgehead atoms. The topological polar surface area (TPSA) is 40.6 Å². The third-order valence-electron chi connectivity index (χ3n) is 8.33. The van der Waals surface area contributed by atoms with E-state index >= 15 is 0 Å². The van der Waals surface area contributed by atoms with Gasteiger partial charge in [0.05, 0.1) is 0 Å². The molecule has 208 valence electrons. The van der Waals surface area contributed by atoms with Gasteiger partial charge in [-0.25, -0.2) is 30.4 Å². The molecule has 2 saturated heterocycles. The SMILES string of the molecule is Cc1cccc(-c2ccc(C3C(C)N4CCCCN(S(=O)(=O)c5c(F)c(F)c(F)c(F)c5F)C[C@H]34)cc2)c1C.